The number of aryl methyl sites for hydroxylation is 2. The Labute approximate surface area is 171 Å². The van der Waals surface area contributed by atoms with Crippen molar-refractivity contribution in [3.05, 3.63) is 29.3 Å². The summed E-state index contributed by atoms with van der Waals surface area (Å²) in [5, 5.41) is 8.55. The smallest absolute Gasteiger partial charge is 0.316 e. The zero-order chi connectivity index (χ0) is 20.3. The third-order valence-electron chi connectivity index (χ3n) is 5.72. The highest BCUT2D eigenvalue weighted by Crippen LogP contribution is 2.35. The molecule has 1 aliphatic carbocycles. The van der Waals surface area contributed by atoms with E-state index in [0.29, 0.717) is 28.9 Å². The molecule has 6 heteroatoms. The molecule has 1 aromatic heterocycles. The molecule has 28 heavy (non-hydrogen) atoms. The van der Waals surface area contributed by atoms with Gasteiger partial charge in [-0.1, -0.05) is 45.0 Å². The monoisotopic (exact) mass is 402 g/mol. The molecule has 0 amide bonds. The Morgan fingerprint density at radius 2 is 2.04 bits per heavy atom. The molecular formula is C22H30N2O3S. The zero-order valence-corrected chi connectivity index (χ0v) is 18.2. The second-order valence-electron chi connectivity index (χ2n) is 8.32. The highest BCUT2D eigenvalue weighted by molar-refractivity contribution is 7.99. The van der Waals surface area contributed by atoms with Gasteiger partial charge in [-0.05, 0) is 67.7 Å². The van der Waals surface area contributed by atoms with E-state index in [4.69, 9.17) is 9.15 Å². The molecule has 1 saturated carbocycles. The van der Waals surface area contributed by atoms with Crippen molar-refractivity contribution in [1.29, 1.82) is 0 Å². The van der Waals surface area contributed by atoms with E-state index in [2.05, 4.69) is 44.8 Å². The fraction of sp³-hybridized carbons (Fsp3) is 0.591. The van der Waals surface area contributed by atoms with Crippen molar-refractivity contribution in [3.63, 3.8) is 0 Å². The topological polar surface area (TPSA) is 65.2 Å². The predicted octanol–water partition coefficient (Wildman–Crippen LogP) is 5.45. The quantitative estimate of drug-likeness (QED) is 0.473. The van der Waals surface area contributed by atoms with Crippen LogP contribution in [0.4, 0.5) is 0 Å². The Morgan fingerprint density at radius 3 is 2.75 bits per heavy atom. The largest absolute Gasteiger partial charge is 0.461 e. The lowest BCUT2D eigenvalue weighted by Crippen LogP contribution is -2.36. The van der Waals surface area contributed by atoms with Crippen LogP contribution in [-0.2, 0) is 9.53 Å². The molecule has 1 aromatic carbocycles. The molecular weight excluding hydrogens is 372 g/mol. The number of hydrogen-bond donors (Lipinski definition) is 0. The number of esters is 1. The van der Waals surface area contributed by atoms with Crippen LogP contribution in [0.1, 0.15) is 51.2 Å². The van der Waals surface area contributed by atoms with Gasteiger partial charge in [0.1, 0.15) is 11.9 Å². The summed E-state index contributed by atoms with van der Waals surface area (Å²) in [6.07, 6.45) is 3.32. The Morgan fingerprint density at radius 1 is 1.25 bits per heavy atom. The molecule has 0 saturated heterocycles. The lowest BCUT2D eigenvalue weighted by atomic mass is 9.75. The van der Waals surface area contributed by atoms with E-state index in [-0.39, 0.29) is 17.8 Å². The van der Waals surface area contributed by atoms with Gasteiger partial charge in [-0.15, -0.1) is 10.2 Å². The van der Waals surface area contributed by atoms with Crippen molar-refractivity contribution < 1.29 is 13.9 Å². The van der Waals surface area contributed by atoms with Crippen molar-refractivity contribution in [1.82, 2.24) is 10.2 Å². The van der Waals surface area contributed by atoms with E-state index in [1.165, 1.54) is 29.3 Å². The Hall–Kier alpha value is -1.82. The van der Waals surface area contributed by atoms with E-state index < -0.39 is 0 Å². The standard InChI is InChI=1S/C22H30N2O3S/c1-13(2)18-9-6-14(3)10-19(18)26-20(25)12-28-22-24-23-21(27-22)17-8-7-15(4)16(5)11-17/h7-8,11,13-14,18-19H,6,9-10,12H2,1-5H3/t14-,18+,19-/m0/s1. The maximum absolute atomic E-state index is 12.4. The van der Waals surface area contributed by atoms with Crippen LogP contribution in [0.15, 0.2) is 27.8 Å². The van der Waals surface area contributed by atoms with Crippen LogP contribution < -0.4 is 0 Å². The Kier molecular flexibility index (Phi) is 6.81. The second kappa shape index (κ2) is 9.12. The molecule has 2 aromatic rings. The van der Waals surface area contributed by atoms with Crippen LogP contribution in [-0.4, -0.2) is 28.0 Å². The first-order chi connectivity index (χ1) is 13.3. The third-order valence-corrected chi connectivity index (χ3v) is 6.51. The van der Waals surface area contributed by atoms with Gasteiger partial charge in [0.15, 0.2) is 0 Å². The number of rotatable bonds is 6. The number of ether oxygens (including phenoxy) is 1. The average Bonchev–Trinajstić information content (AvgIpc) is 3.11. The lowest BCUT2D eigenvalue weighted by Gasteiger charge is -2.36. The van der Waals surface area contributed by atoms with E-state index in [0.717, 1.165) is 18.4 Å². The third kappa shape index (κ3) is 5.16. The Balaban J connectivity index is 1.56. The van der Waals surface area contributed by atoms with Crippen LogP contribution in [0, 0.1) is 31.6 Å². The summed E-state index contributed by atoms with van der Waals surface area (Å²) in [5.74, 6) is 2.03. The average molecular weight is 403 g/mol. The van der Waals surface area contributed by atoms with Gasteiger partial charge >= 0.3 is 5.97 Å². The summed E-state index contributed by atoms with van der Waals surface area (Å²) in [4.78, 5) is 12.4. The van der Waals surface area contributed by atoms with Crippen LogP contribution in [0.2, 0.25) is 0 Å². The first-order valence-electron chi connectivity index (χ1n) is 10.1. The zero-order valence-electron chi connectivity index (χ0n) is 17.4. The van der Waals surface area contributed by atoms with Crippen molar-refractivity contribution >= 4 is 17.7 Å². The van der Waals surface area contributed by atoms with Gasteiger partial charge in [-0.3, -0.25) is 4.79 Å². The SMILES string of the molecule is Cc1ccc(-c2nnc(SCC(=O)O[C@H]3C[C@@H](C)CC[C@@H]3C(C)C)o2)cc1C. The minimum Gasteiger partial charge on any atom is -0.461 e. The number of hydrogen-bond acceptors (Lipinski definition) is 6. The highest BCUT2D eigenvalue weighted by atomic mass is 32.2. The van der Waals surface area contributed by atoms with Crippen LogP contribution >= 0.6 is 11.8 Å². The molecule has 1 aliphatic rings. The van der Waals surface area contributed by atoms with Gasteiger partial charge in [0.05, 0.1) is 0 Å². The number of benzene rings is 1. The van der Waals surface area contributed by atoms with Crippen LogP contribution in [0.3, 0.4) is 0 Å². The number of carbonyl (C=O) groups is 1. The second-order valence-corrected chi connectivity index (χ2v) is 9.24. The maximum atomic E-state index is 12.4. The molecule has 0 radical (unpaired) electrons. The van der Waals surface area contributed by atoms with Gasteiger partial charge in [-0.2, -0.15) is 0 Å². The van der Waals surface area contributed by atoms with E-state index in [1.807, 2.05) is 18.2 Å². The molecule has 0 unspecified atom stereocenters. The van der Waals surface area contributed by atoms with Crippen molar-refractivity contribution in [3.8, 4) is 11.5 Å². The normalized spacial score (nSPS) is 22.4. The van der Waals surface area contributed by atoms with Gasteiger partial charge < -0.3 is 9.15 Å². The molecule has 1 heterocycles. The highest BCUT2D eigenvalue weighted by Gasteiger charge is 2.33. The van der Waals surface area contributed by atoms with Crippen LogP contribution in [0.5, 0.6) is 0 Å². The predicted molar refractivity (Wildman–Crippen MR) is 111 cm³/mol. The molecule has 1 fully saturated rings. The Bertz CT molecular complexity index is 818. The fourth-order valence-electron chi connectivity index (χ4n) is 3.83. The maximum Gasteiger partial charge on any atom is 0.316 e. The number of nitrogens with zero attached hydrogens (tertiary/aromatic N) is 2. The number of thioether (sulfide) groups is 1. The first kappa shape index (κ1) is 20.9. The summed E-state index contributed by atoms with van der Waals surface area (Å²) in [6.45, 7) is 10.8. The van der Waals surface area contributed by atoms with Crippen molar-refractivity contribution in [2.75, 3.05) is 5.75 Å². The molecule has 3 rings (SSSR count). The van der Waals surface area contributed by atoms with Gasteiger partial charge in [-0.25, -0.2) is 0 Å². The summed E-state index contributed by atoms with van der Waals surface area (Å²) in [5.41, 5.74) is 3.29. The lowest BCUT2D eigenvalue weighted by molar-refractivity contribution is -0.152. The molecule has 0 aliphatic heterocycles. The first-order valence-corrected chi connectivity index (χ1v) is 11.1. The minimum atomic E-state index is -0.208. The van der Waals surface area contributed by atoms with E-state index in [1.54, 1.807) is 0 Å². The molecule has 0 N–H and O–H groups in total. The van der Waals surface area contributed by atoms with Crippen molar-refractivity contribution in [2.45, 2.75) is 65.2 Å². The number of carbonyl (C=O) groups excluding carboxylic acids is 1. The molecule has 5 nitrogen and oxygen atoms in total. The van der Waals surface area contributed by atoms with Gasteiger partial charge in [0, 0.05) is 5.56 Å². The van der Waals surface area contributed by atoms with Crippen molar-refractivity contribution in [2.24, 2.45) is 17.8 Å². The molecule has 3 atom stereocenters. The molecule has 152 valence electrons. The number of aromatic nitrogens is 2. The fourth-order valence-corrected chi connectivity index (χ4v) is 4.38. The van der Waals surface area contributed by atoms with E-state index in [9.17, 15) is 4.79 Å². The van der Waals surface area contributed by atoms with Crippen LogP contribution in [0.25, 0.3) is 11.5 Å². The summed E-state index contributed by atoms with van der Waals surface area (Å²) < 4.78 is 11.5. The van der Waals surface area contributed by atoms with E-state index >= 15 is 0 Å². The summed E-state index contributed by atoms with van der Waals surface area (Å²) >= 11 is 1.24. The van der Waals surface area contributed by atoms with Gasteiger partial charge in [0.2, 0.25) is 5.89 Å². The van der Waals surface area contributed by atoms with Gasteiger partial charge in [0.25, 0.3) is 5.22 Å². The molecule has 0 spiro atoms. The summed E-state index contributed by atoms with van der Waals surface area (Å²) in [7, 11) is 0. The minimum absolute atomic E-state index is 0.0191. The molecule has 0 bridgehead atoms. The summed E-state index contributed by atoms with van der Waals surface area (Å²) in [6, 6.07) is 6.03.